The average Bonchev–Trinajstić information content (AvgIpc) is 2.78. The highest BCUT2D eigenvalue weighted by molar-refractivity contribution is 6.08. The fourth-order valence-electron chi connectivity index (χ4n) is 3.74. The van der Waals surface area contributed by atoms with Gasteiger partial charge in [-0.15, -0.1) is 0 Å². The zero-order chi connectivity index (χ0) is 15.3. The van der Waals surface area contributed by atoms with Crippen LogP contribution in [-0.4, -0.2) is 10.9 Å². The van der Waals surface area contributed by atoms with Gasteiger partial charge in [0.25, 0.3) is 0 Å². The van der Waals surface area contributed by atoms with Crippen molar-refractivity contribution in [2.75, 3.05) is 11.1 Å². The smallest absolute Gasteiger partial charge is 0.235 e. The molecule has 1 unspecified atom stereocenters. The van der Waals surface area contributed by atoms with E-state index < -0.39 is 0 Å². The van der Waals surface area contributed by atoms with E-state index in [1.54, 1.807) is 6.20 Å². The first-order valence-electron chi connectivity index (χ1n) is 7.77. The van der Waals surface area contributed by atoms with Crippen molar-refractivity contribution < 1.29 is 4.79 Å². The lowest BCUT2D eigenvalue weighted by molar-refractivity contribution is -0.123. The second-order valence-electron chi connectivity index (χ2n) is 6.43. The van der Waals surface area contributed by atoms with Gasteiger partial charge in [0.05, 0.1) is 5.41 Å². The number of rotatable bonds is 2. The Bertz CT molecular complexity index is 750. The van der Waals surface area contributed by atoms with Crippen molar-refractivity contribution in [3.8, 4) is 0 Å². The SMILES string of the molecule is CC(c1cccnc1)c1cc(N)cc2c1NC(=O)C21CCC1. The van der Waals surface area contributed by atoms with Gasteiger partial charge in [0.1, 0.15) is 0 Å². The summed E-state index contributed by atoms with van der Waals surface area (Å²) in [5, 5.41) is 3.12. The molecule has 4 nitrogen and oxygen atoms in total. The van der Waals surface area contributed by atoms with Gasteiger partial charge in [-0.3, -0.25) is 9.78 Å². The molecule has 0 saturated heterocycles. The molecule has 1 spiro atoms. The second kappa shape index (κ2) is 4.57. The molecule has 1 aromatic heterocycles. The van der Waals surface area contributed by atoms with Crippen molar-refractivity contribution in [3.05, 3.63) is 53.3 Å². The minimum absolute atomic E-state index is 0.138. The summed E-state index contributed by atoms with van der Waals surface area (Å²) in [6.07, 6.45) is 6.60. The lowest BCUT2D eigenvalue weighted by atomic mass is 9.65. The van der Waals surface area contributed by atoms with Gasteiger partial charge < -0.3 is 11.1 Å². The van der Waals surface area contributed by atoms with Gasteiger partial charge in [-0.25, -0.2) is 0 Å². The summed E-state index contributed by atoms with van der Waals surface area (Å²) in [5.74, 6) is 0.278. The molecule has 4 heteroatoms. The highest BCUT2D eigenvalue weighted by Gasteiger charge is 2.51. The fourth-order valence-corrected chi connectivity index (χ4v) is 3.74. The topological polar surface area (TPSA) is 68.0 Å². The number of amides is 1. The van der Waals surface area contributed by atoms with Crippen LogP contribution in [0.25, 0.3) is 0 Å². The summed E-state index contributed by atoms with van der Waals surface area (Å²) < 4.78 is 0. The number of carbonyl (C=O) groups is 1. The van der Waals surface area contributed by atoms with E-state index in [1.165, 1.54) is 0 Å². The first-order valence-corrected chi connectivity index (χ1v) is 7.77. The van der Waals surface area contributed by atoms with Gasteiger partial charge in [0, 0.05) is 29.7 Å². The number of aromatic nitrogens is 1. The Morgan fingerprint density at radius 3 is 2.82 bits per heavy atom. The van der Waals surface area contributed by atoms with Crippen LogP contribution in [-0.2, 0) is 10.2 Å². The summed E-state index contributed by atoms with van der Waals surface area (Å²) in [4.78, 5) is 16.7. The molecular formula is C18H19N3O. The van der Waals surface area contributed by atoms with E-state index in [9.17, 15) is 4.79 Å². The van der Waals surface area contributed by atoms with Gasteiger partial charge in [0.2, 0.25) is 5.91 Å². The summed E-state index contributed by atoms with van der Waals surface area (Å²) in [5.41, 5.74) is 10.8. The monoisotopic (exact) mass is 293 g/mol. The summed E-state index contributed by atoms with van der Waals surface area (Å²) >= 11 is 0. The van der Waals surface area contributed by atoms with Crippen LogP contribution in [0, 0.1) is 0 Å². The number of nitrogens with one attached hydrogen (secondary N) is 1. The molecule has 1 aromatic carbocycles. The van der Waals surface area contributed by atoms with E-state index >= 15 is 0 Å². The maximum Gasteiger partial charge on any atom is 0.235 e. The zero-order valence-corrected chi connectivity index (χ0v) is 12.6. The number of nitrogens with two attached hydrogens (primary N) is 1. The molecule has 112 valence electrons. The normalized spacial score (nSPS) is 19.4. The van der Waals surface area contributed by atoms with Crippen LogP contribution < -0.4 is 11.1 Å². The van der Waals surface area contributed by atoms with Crippen molar-refractivity contribution in [2.45, 2.75) is 37.5 Å². The highest BCUT2D eigenvalue weighted by Crippen LogP contribution is 2.53. The lowest BCUT2D eigenvalue weighted by Crippen LogP contribution is -2.40. The molecule has 1 aliphatic heterocycles. The minimum Gasteiger partial charge on any atom is -0.399 e. The lowest BCUT2D eigenvalue weighted by Gasteiger charge is -2.36. The van der Waals surface area contributed by atoms with Gasteiger partial charge in [-0.2, -0.15) is 0 Å². The Labute approximate surface area is 129 Å². The molecular weight excluding hydrogens is 274 g/mol. The van der Waals surface area contributed by atoms with E-state index in [-0.39, 0.29) is 17.2 Å². The van der Waals surface area contributed by atoms with Gasteiger partial charge in [-0.1, -0.05) is 19.4 Å². The summed E-state index contributed by atoms with van der Waals surface area (Å²) in [6, 6.07) is 7.95. The van der Waals surface area contributed by atoms with Crippen LogP contribution in [0.15, 0.2) is 36.7 Å². The number of nitrogens with zero attached hydrogens (tertiary/aromatic N) is 1. The largest absolute Gasteiger partial charge is 0.399 e. The van der Waals surface area contributed by atoms with E-state index in [0.29, 0.717) is 0 Å². The molecule has 2 aromatic rings. The molecule has 1 atom stereocenters. The van der Waals surface area contributed by atoms with Crippen LogP contribution in [0.1, 0.15) is 48.8 Å². The van der Waals surface area contributed by atoms with Crippen molar-refractivity contribution in [3.63, 3.8) is 0 Å². The number of hydrogen-bond donors (Lipinski definition) is 2. The Hall–Kier alpha value is -2.36. The number of nitrogen functional groups attached to an aromatic ring is 1. The van der Waals surface area contributed by atoms with Crippen molar-refractivity contribution in [2.24, 2.45) is 0 Å². The van der Waals surface area contributed by atoms with Crippen LogP contribution in [0.5, 0.6) is 0 Å². The first kappa shape index (κ1) is 13.3. The molecule has 1 amide bonds. The fraction of sp³-hybridized carbons (Fsp3) is 0.333. The van der Waals surface area contributed by atoms with Crippen LogP contribution in [0.3, 0.4) is 0 Å². The van der Waals surface area contributed by atoms with E-state index in [2.05, 4.69) is 23.3 Å². The second-order valence-corrected chi connectivity index (χ2v) is 6.43. The van der Waals surface area contributed by atoms with Crippen LogP contribution in [0.2, 0.25) is 0 Å². The van der Waals surface area contributed by atoms with Crippen molar-refractivity contribution in [1.29, 1.82) is 0 Å². The third-order valence-electron chi connectivity index (χ3n) is 5.24. The Kier molecular flexibility index (Phi) is 2.76. The minimum atomic E-state index is -0.325. The van der Waals surface area contributed by atoms with E-state index in [0.717, 1.165) is 47.3 Å². The van der Waals surface area contributed by atoms with Crippen molar-refractivity contribution in [1.82, 2.24) is 4.98 Å². The van der Waals surface area contributed by atoms with Crippen LogP contribution in [0.4, 0.5) is 11.4 Å². The van der Waals surface area contributed by atoms with Gasteiger partial charge in [-0.05, 0) is 47.7 Å². The highest BCUT2D eigenvalue weighted by atomic mass is 16.2. The Morgan fingerprint density at radius 1 is 1.36 bits per heavy atom. The zero-order valence-electron chi connectivity index (χ0n) is 12.6. The maximum absolute atomic E-state index is 12.5. The van der Waals surface area contributed by atoms with E-state index in [1.807, 2.05) is 24.4 Å². The third-order valence-corrected chi connectivity index (χ3v) is 5.24. The molecule has 1 saturated carbocycles. The van der Waals surface area contributed by atoms with Crippen LogP contribution >= 0.6 is 0 Å². The molecule has 4 rings (SSSR count). The first-order chi connectivity index (χ1) is 10.6. The average molecular weight is 293 g/mol. The predicted octanol–water partition coefficient (Wildman–Crippen LogP) is 3.19. The number of hydrogen-bond acceptors (Lipinski definition) is 3. The molecule has 2 heterocycles. The summed E-state index contributed by atoms with van der Waals surface area (Å²) in [7, 11) is 0. The number of carbonyl (C=O) groups excluding carboxylic acids is 1. The molecule has 22 heavy (non-hydrogen) atoms. The maximum atomic E-state index is 12.5. The number of anilines is 2. The molecule has 3 N–H and O–H groups in total. The summed E-state index contributed by atoms with van der Waals surface area (Å²) in [6.45, 7) is 2.13. The number of pyridine rings is 1. The molecule has 0 bridgehead atoms. The van der Waals surface area contributed by atoms with Crippen molar-refractivity contribution >= 4 is 17.3 Å². The van der Waals surface area contributed by atoms with E-state index in [4.69, 9.17) is 5.73 Å². The Morgan fingerprint density at radius 2 is 2.18 bits per heavy atom. The third kappa shape index (κ3) is 1.70. The quantitative estimate of drug-likeness (QED) is 0.836. The predicted molar refractivity (Wildman–Crippen MR) is 86.8 cm³/mol. The number of benzene rings is 1. The van der Waals surface area contributed by atoms with Gasteiger partial charge >= 0.3 is 0 Å². The van der Waals surface area contributed by atoms with Gasteiger partial charge in [0.15, 0.2) is 0 Å². The molecule has 1 aliphatic carbocycles. The standard InChI is InChI=1S/C18H19N3O/c1-11(12-4-2-7-20-10-12)14-8-13(19)9-15-16(14)21-17(22)18(15)5-3-6-18/h2,4,7-11H,3,5-6,19H2,1H3,(H,21,22). The molecule has 2 aliphatic rings. The number of fused-ring (bicyclic) bond motifs is 2. The Balaban J connectivity index is 1.86. The molecule has 0 radical (unpaired) electrons. The molecule has 1 fully saturated rings.